The molecule has 3 aromatic rings. The highest BCUT2D eigenvalue weighted by Crippen LogP contribution is 2.49. The second-order valence-corrected chi connectivity index (χ2v) is 9.87. The molecule has 1 amide bonds. The molecule has 188 valence electrons. The molecule has 6 nitrogen and oxygen atoms in total. The third-order valence-electron chi connectivity index (χ3n) is 7.75. The lowest BCUT2D eigenvalue weighted by atomic mass is 9.88. The summed E-state index contributed by atoms with van der Waals surface area (Å²) in [5, 5.41) is 13.6. The summed E-state index contributed by atoms with van der Waals surface area (Å²) in [6.45, 7) is 5.03. The largest absolute Gasteiger partial charge is 0.396 e. The molecule has 2 N–H and O–H groups in total. The van der Waals surface area contributed by atoms with E-state index in [2.05, 4.69) is 17.1 Å². The average Bonchev–Trinajstić information content (AvgIpc) is 3.41. The molecule has 7 heteroatoms. The number of aromatic nitrogens is 1. The molecule has 1 saturated heterocycles. The third kappa shape index (κ3) is 4.16. The van der Waals surface area contributed by atoms with Crippen molar-refractivity contribution >= 4 is 5.91 Å². The molecule has 2 aromatic carbocycles. The fourth-order valence-corrected chi connectivity index (χ4v) is 6.10. The predicted molar refractivity (Wildman–Crippen MR) is 137 cm³/mol. The maximum Gasteiger partial charge on any atom is 0.258 e. The lowest BCUT2D eigenvalue weighted by molar-refractivity contribution is -0.128. The number of fused-ring (bicyclic) bond motifs is 3. The van der Waals surface area contributed by atoms with Gasteiger partial charge in [0.1, 0.15) is 5.82 Å². The van der Waals surface area contributed by atoms with E-state index in [1.165, 1.54) is 12.1 Å². The van der Waals surface area contributed by atoms with Gasteiger partial charge < -0.3 is 15.0 Å². The van der Waals surface area contributed by atoms with Gasteiger partial charge in [0, 0.05) is 36.2 Å². The van der Waals surface area contributed by atoms with Crippen molar-refractivity contribution in [3.05, 3.63) is 94.2 Å². The number of nitrogens with one attached hydrogen (secondary N) is 1. The van der Waals surface area contributed by atoms with E-state index >= 15 is 0 Å². The number of likely N-dealkylation sites (tertiary alicyclic amines) is 1. The summed E-state index contributed by atoms with van der Waals surface area (Å²) in [5.74, 6) is -0.787. The van der Waals surface area contributed by atoms with Gasteiger partial charge in [-0.15, -0.1) is 0 Å². The maximum absolute atomic E-state index is 13.6. The predicted octanol–water partition coefficient (Wildman–Crippen LogP) is 3.91. The zero-order chi connectivity index (χ0) is 25.4. The molecule has 36 heavy (non-hydrogen) atoms. The highest BCUT2D eigenvalue weighted by atomic mass is 19.1. The minimum absolute atomic E-state index is 0.0551. The molecule has 2 aliphatic heterocycles. The van der Waals surface area contributed by atoms with Crippen LogP contribution in [0.1, 0.15) is 43.6 Å². The van der Waals surface area contributed by atoms with Crippen molar-refractivity contribution in [2.24, 2.45) is 11.8 Å². The van der Waals surface area contributed by atoms with Crippen molar-refractivity contribution in [2.75, 3.05) is 13.2 Å². The zero-order valence-electron chi connectivity index (χ0n) is 20.6. The Morgan fingerprint density at radius 3 is 2.50 bits per heavy atom. The molecule has 5 rings (SSSR count). The average molecular weight is 490 g/mol. The third-order valence-corrected chi connectivity index (χ3v) is 7.75. The molecule has 0 saturated carbocycles. The normalized spacial score (nSPS) is 23.8. The summed E-state index contributed by atoms with van der Waals surface area (Å²) in [6.07, 6.45) is 0.845. The Morgan fingerprint density at radius 2 is 1.83 bits per heavy atom. The first kappa shape index (κ1) is 24.4. The van der Waals surface area contributed by atoms with Crippen LogP contribution in [0.25, 0.3) is 11.1 Å². The fourth-order valence-electron chi connectivity index (χ4n) is 6.10. The Balaban J connectivity index is 1.47. The molecule has 3 heterocycles. The Morgan fingerprint density at radius 1 is 1.11 bits per heavy atom. The number of hydrogen-bond donors (Lipinski definition) is 2. The Labute approximate surface area is 210 Å². The summed E-state index contributed by atoms with van der Waals surface area (Å²) < 4.78 is 15.2. The van der Waals surface area contributed by atoms with Crippen molar-refractivity contribution in [1.82, 2.24) is 14.8 Å². The van der Waals surface area contributed by atoms with E-state index in [9.17, 15) is 19.1 Å². The molecular formula is C29H32FN3O3. The molecule has 0 unspecified atom stereocenters. The number of aliphatic hydroxyl groups is 1. The topological polar surface area (TPSA) is 74.6 Å². The molecule has 1 aromatic heterocycles. The van der Waals surface area contributed by atoms with Gasteiger partial charge in [0.2, 0.25) is 5.91 Å². The maximum atomic E-state index is 13.6. The van der Waals surface area contributed by atoms with Crippen LogP contribution in [0.5, 0.6) is 0 Å². The van der Waals surface area contributed by atoms with E-state index in [4.69, 9.17) is 0 Å². The smallest absolute Gasteiger partial charge is 0.258 e. The van der Waals surface area contributed by atoms with E-state index in [1.807, 2.05) is 43.3 Å². The molecule has 0 radical (unpaired) electrons. The minimum Gasteiger partial charge on any atom is -0.396 e. The number of carbonyl (C=O) groups is 1. The highest BCUT2D eigenvalue weighted by Gasteiger charge is 2.55. The van der Waals surface area contributed by atoms with Gasteiger partial charge in [-0.25, -0.2) is 4.39 Å². The first-order chi connectivity index (χ1) is 17.4. The highest BCUT2D eigenvalue weighted by molar-refractivity contribution is 5.83. The summed E-state index contributed by atoms with van der Waals surface area (Å²) in [5.41, 5.74) is 2.96. The standard InChI is InChI=1S/C29H32FN3O3/c1-3-15-32-26-23(24(17-34)27(32)28(35)31-18(2)19-7-5-4-6-8-19)16-33-25(26)14-13-22(29(33)36)20-9-11-21(30)12-10-20/h4-14,18,23-24,26-27,34H,3,15-17H2,1-2H3,(H,31,35)/t18-,23-,24-,26+,27-/m0/s1. The summed E-state index contributed by atoms with van der Waals surface area (Å²) >= 11 is 0. The number of nitrogens with zero attached hydrogens (tertiary/aromatic N) is 2. The number of aliphatic hydroxyl groups excluding tert-OH is 1. The van der Waals surface area contributed by atoms with Crippen LogP contribution in [0.15, 0.2) is 71.5 Å². The van der Waals surface area contributed by atoms with Crippen LogP contribution in [-0.4, -0.2) is 39.7 Å². The van der Waals surface area contributed by atoms with Crippen LogP contribution in [0.2, 0.25) is 0 Å². The van der Waals surface area contributed by atoms with Gasteiger partial charge in [0.15, 0.2) is 0 Å². The molecular weight excluding hydrogens is 457 g/mol. The van der Waals surface area contributed by atoms with Crippen molar-refractivity contribution in [2.45, 2.75) is 44.9 Å². The van der Waals surface area contributed by atoms with Gasteiger partial charge in [-0.1, -0.05) is 49.4 Å². The Kier molecular flexibility index (Phi) is 6.77. The van der Waals surface area contributed by atoms with Crippen LogP contribution in [0.3, 0.4) is 0 Å². The lowest BCUT2D eigenvalue weighted by Crippen LogP contribution is -2.49. The Bertz CT molecular complexity index is 1290. The lowest BCUT2D eigenvalue weighted by Gasteiger charge is -2.31. The monoisotopic (exact) mass is 489 g/mol. The van der Waals surface area contributed by atoms with Gasteiger partial charge in [-0.3, -0.25) is 14.5 Å². The van der Waals surface area contributed by atoms with Crippen LogP contribution < -0.4 is 10.9 Å². The zero-order valence-corrected chi connectivity index (χ0v) is 20.6. The fraction of sp³-hybridized carbons (Fsp3) is 0.379. The number of carbonyl (C=O) groups excluding carboxylic acids is 1. The van der Waals surface area contributed by atoms with Crippen LogP contribution >= 0.6 is 0 Å². The van der Waals surface area contributed by atoms with Gasteiger partial charge in [-0.2, -0.15) is 0 Å². The van der Waals surface area contributed by atoms with E-state index in [0.29, 0.717) is 24.2 Å². The molecule has 1 fully saturated rings. The molecule has 0 bridgehead atoms. The summed E-state index contributed by atoms with van der Waals surface area (Å²) in [4.78, 5) is 29.2. The van der Waals surface area contributed by atoms with E-state index in [1.54, 1.807) is 22.8 Å². The summed E-state index contributed by atoms with van der Waals surface area (Å²) in [7, 11) is 0. The van der Waals surface area contributed by atoms with Gasteiger partial charge in [0.05, 0.1) is 18.1 Å². The quantitative estimate of drug-likeness (QED) is 0.528. The SMILES string of the molecule is CCCN1[C@H](C(=O)N[C@@H](C)c2ccccc2)[C@@H](CO)[C@@H]2Cn3c(ccc(-c4ccc(F)cc4)c3=O)[C@@H]21. The van der Waals surface area contributed by atoms with Crippen molar-refractivity contribution in [3.8, 4) is 11.1 Å². The molecule has 2 aliphatic rings. The second kappa shape index (κ2) is 9.99. The van der Waals surface area contributed by atoms with Gasteiger partial charge in [-0.05, 0) is 55.3 Å². The minimum atomic E-state index is -0.475. The van der Waals surface area contributed by atoms with Crippen molar-refractivity contribution in [3.63, 3.8) is 0 Å². The first-order valence-electron chi connectivity index (χ1n) is 12.7. The first-order valence-corrected chi connectivity index (χ1v) is 12.7. The van der Waals surface area contributed by atoms with Crippen LogP contribution in [-0.2, 0) is 11.3 Å². The molecule has 0 aliphatic carbocycles. The molecule has 5 atom stereocenters. The van der Waals surface area contributed by atoms with Crippen LogP contribution in [0, 0.1) is 17.7 Å². The number of benzene rings is 2. The Hall–Kier alpha value is -3.29. The number of halogens is 1. The van der Waals surface area contributed by atoms with E-state index in [-0.39, 0.29) is 47.8 Å². The number of pyridine rings is 1. The van der Waals surface area contributed by atoms with Gasteiger partial charge in [0.25, 0.3) is 5.56 Å². The van der Waals surface area contributed by atoms with E-state index in [0.717, 1.165) is 17.7 Å². The van der Waals surface area contributed by atoms with Crippen molar-refractivity contribution < 1.29 is 14.3 Å². The summed E-state index contributed by atoms with van der Waals surface area (Å²) in [6, 6.07) is 18.8. The van der Waals surface area contributed by atoms with Crippen LogP contribution in [0.4, 0.5) is 4.39 Å². The second-order valence-electron chi connectivity index (χ2n) is 9.87. The number of rotatable bonds is 7. The van der Waals surface area contributed by atoms with Crippen molar-refractivity contribution in [1.29, 1.82) is 0 Å². The van der Waals surface area contributed by atoms with Gasteiger partial charge >= 0.3 is 0 Å². The number of hydrogen-bond acceptors (Lipinski definition) is 4. The van der Waals surface area contributed by atoms with E-state index < -0.39 is 6.04 Å². The number of amides is 1. The molecule has 0 spiro atoms.